The Labute approximate surface area is 75.4 Å². The van der Waals surface area contributed by atoms with Crippen LogP contribution in [-0.2, 0) is 0 Å². The third-order valence-corrected chi connectivity index (χ3v) is 2.30. The minimum Gasteiger partial charge on any atom is -0.373 e. The molecule has 0 spiro atoms. The third kappa shape index (κ3) is 1.93. The van der Waals surface area contributed by atoms with Crippen molar-refractivity contribution < 1.29 is 0 Å². The van der Waals surface area contributed by atoms with Crippen molar-refractivity contribution in [2.75, 3.05) is 18.5 Å². The van der Waals surface area contributed by atoms with E-state index in [0.29, 0.717) is 0 Å². The number of anilines is 1. The highest BCUT2D eigenvalue weighted by Gasteiger charge is 2.01. The zero-order valence-electron chi connectivity index (χ0n) is 6.71. The minimum absolute atomic E-state index is 0.990. The van der Waals surface area contributed by atoms with Crippen LogP contribution in [0.2, 0.25) is 0 Å². The number of nitrogens with zero attached hydrogens (tertiary/aromatic N) is 2. The molecule has 0 unspecified atom stereocenters. The fraction of sp³-hybridized carbons (Fsp3) is 0.375. The van der Waals surface area contributed by atoms with Crippen LogP contribution in [0.3, 0.4) is 0 Å². The molecule has 1 aromatic heterocycles. The van der Waals surface area contributed by atoms with Crippen LogP contribution in [0.15, 0.2) is 22.9 Å². The summed E-state index contributed by atoms with van der Waals surface area (Å²) in [5.41, 5.74) is 1.13. The number of hydrogen-bond donors (Lipinski definition) is 0. The van der Waals surface area contributed by atoms with Crippen molar-refractivity contribution in [3.05, 3.63) is 22.9 Å². The SMILES string of the molecule is CCN(C)c1cnccc1Br. The molecular weight excluding hydrogens is 204 g/mol. The molecule has 11 heavy (non-hydrogen) atoms. The van der Waals surface area contributed by atoms with E-state index in [9.17, 15) is 0 Å². The molecule has 0 N–H and O–H groups in total. The van der Waals surface area contributed by atoms with Gasteiger partial charge in [0.2, 0.25) is 0 Å². The van der Waals surface area contributed by atoms with Gasteiger partial charge in [-0.05, 0) is 28.9 Å². The summed E-state index contributed by atoms with van der Waals surface area (Å²) in [7, 11) is 2.04. The van der Waals surface area contributed by atoms with Crippen molar-refractivity contribution in [3.63, 3.8) is 0 Å². The van der Waals surface area contributed by atoms with Crippen LogP contribution in [0.4, 0.5) is 5.69 Å². The summed E-state index contributed by atoms with van der Waals surface area (Å²) in [6, 6.07) is 1.95. The fourth-order valence-electron chi connectivity index (χ4n) is 0.820. The Morgan fingerprint density at radius 2 is 2.36 bits per heavy atom. The molecule has 1 aromatic rings. The number of hydrogen-bond acceptors (Lipinski definition) is 2. The second-order valence-corrected chi connectivity index (χ2v) is 3.20. The Kier molecular flexibility index (Phi) is 2.88. The number of halogens is 1. The van der Waals surface area contributed by atoms with Gasteiger partial charge in [-0.3, -0.25) is 4.98 Å². The lowest BCUT2D eigenvalue weighted by molar-refractivity contribution is 0.957. The van der Waals surface area contributed by atoms with Crippen molar-refractivity contribution >= 4 is 21.6 Å². The molecule has 0 saturated carbocycles. The van der Waals surface area contributed by atoms with Crippen molar-refractivity contribution in [1.29, 1.82) is 0 Å². The first-order valence-corrected chi connectivity index (χ1v) is 4.35. The van der Waals surface area contributed by atoms with E-state index in [2.05, 4.69) is 32.7 Å². The molecule has 0 fully saturated rings. The Morgan fingerprint density at radius 1 is 1.64 bits per heavy atom. The van der Waals surface area contributed by atoms with Gasteiger partial charge in [0.05, 0.1) is 11.9 Å². The van der Waals surface area contributed by atoms with Crippen molar-refractivity contribution in [3.8, 4) is 0 Å². The molecule has 0 atom stereocenters. The maximum atomic E-state index is 4.04. The van der Waals surface area contributed by atoms with Crippen LogP contribution >= 0.6 is 15.9 Å². The standard InChI is InChI=1S/C8H11BrN2/c1-3-11(2)8-6-10-5-4-7(8)9/h4-6H,3H2,1-2H3. The first-order valence-electron chi connectivity index (χ1n) is 3.56. The van der Waals surface area contributed by atoms with Crippen molar-refractivity contribution in [2.24, 2.45) is 0 Å². The lowest BCUT2D eigenvalue weighted by Gasteiger charge is -2.17. The number of rotatable bonds is 2. The highest BCUT2D eigenvalue weighted by Crippen LogP contribution is 2.22. The quantitative estimate of drug-likeness (QED) is 0.752. The second-order valence-electron chi connectivity index (χ2n) is 2.34. The largest absolute Gasteiger partial charge is 0.373 e. The molecule has 0 aromatic carbocycles. The minimum atomic E-state index is 0.990. The zero-order valence-corrected chi connectivity index (χ0v) is 8.30. The number of aromatic nitrogens is 1. The van der Waals surface area contributed by atoms with E-state index >= 15 is 0 Å². The molecular formula is C8H11BrN2. The molecule has 0 aliphatic rings. The summed E-state index contributed by atoms with van der Waals surface area (Å²) >= 11 is 3.46. The predicted octanol–water partition coefficient (Wildman–Crippen LogP) is 2.30. The molecule has 0 saturated heterocycles. The topological polar surface area (TPSA) is 16.1 Å². The van der Waals surface area contributed by atoms with Gasteiger partial charge >= 0.3 is 0 Å². The van der Waals surface area contributed by atoms with Crippen LogP contribution in [0.1, 0.15) is 6.92 Å². The van der Waals surface area contributed by atoms with Crippen LogP contribution in [0.5, 0.6) is 0 Å². The van der Waals surface area contributed by atoms with Crippen LogP contribution in [0, 0.1) is 0 Å². The molecule has 1 heterocycles. The van der Waals surface area contributed by atoms with Crippen LogP contribution < -0.4 is 4.90 Å². The Hall–Kier alpha value is -0.570. The van der Waals surface area contributed by atoms with Crippen molar-refractivity contribution in [2.45, 2.75) is 6.92 Å². The summed E-state index contributed by atoms with van der Waals surface area (Å²) in [4.78, 5) is 6.18. The molecule has 0 bridgehead atoms. The molecule has 0 amide bonds. The van der Waals surface area contributed by atoms with Crippen LogP contribution in [0.25, 0.3) is 0 Å². The van der Waals surface area contributed by atoms with Gasteiger partial charge in [-0.1, -0.05) is 0 Å². The van der Waals surface area contributed by atoms with E-state index in [0.717, 1.165) is 16.7 Å². The first-order chi connectivity index (χ1) is 5.25. The summed E-state index contributed by atoms with van der Waals surface area (Å²) in [5.74, 6) is 0. The molecule has 0 aliphatic heterocycles. The van der Waals surface area contributed by atoms with E-state index in [4.69, 9.17) is 0 Å². The van der Waals surface area contributed by atoms with Crippen molar-refractivity contribution in [1.82, 2.24) is 4.98 Å². The average Bonchev–Trinajstić information content (AvgIpc) is 2.04. The molecule has 60 valence electrons. The third-order valence-electron chi connectivity index (χ3n) is 1.63. The van der Waals surface area contributed by atoms with E-state index < -0.39 is 0 Å². The van der Waals surface area contributed by atoms with Gasteiger partial charge in [0.25, 0.3) is 0 Å². The molecule has 0 radical (unpaired) electrons. The fourth-order valence-corrected chi connectivity index (χ4v) is 1.34. The van der Waals surface area contributed by atoms with Gasteiger partial charge in [-0.15, -0.1) is 0 Å². The first kappa shape index (κ1) is 8.53. The lowest BCUT2D eigenvalue weighted by atomic mass is 10.4. The zero-order chi connectivity index (χ0) is 8.27. The maximum absolute atomic E-state index is 4.04. The molecule has 2 nitrogen and oxygen atoms in total. The Balaban J connectivity index is 2.93. The second kappa shape index (κ2) is 3.72. The molecule has 1 rings (SSSR count). The van der Waals surface area contributed by atoms with Gasteiger partial charge in [0, 0.05) is 24.3 Å². The van der Waals surface area contributed by atoms with Gasteiger partial charge in [0.15, 0.2) is 0 Å². The smallest absolute Gasteiger partial charge is 0.0694 e. The predicted molar refractivity (Wildman–Crippen MR) is 50.9 cm³/mol. The van der Waals surface area contributed by atoms with Gasteiger partial charge in [0.1, 0.15) is 0 Å². The monoisotopic (exact) mass is 214 g/mol. The normalized spacial score (nSPS) is 9.73. The van der Waals surface area contributed by atoms with Gasteiger partial charge in [-0.25, -0.2) is 0 Å². The van der Waals surface area contributed by atoms with E-state index in [-0.39, 0.29) is 0 Å². The summed E-state index contributed by atoms with van der Waals surface area (Å²) in [6.45, 7) is 3.10. The van der Waals surface area contributed by atoms with E-state index in [1.165, 1.54) is 0 Å². The van der Waals surface area contributed by atoms with Gasteiger partial charge in [-0.2, -0.15) is 0 Å². The summed E-state index contributed by atoms with van der Waals surface area (Å²) in [6.07, 6.45) is 3.63. The summed E-state index contributed by atoms with van der Waals surface area (Å²) in [5, 5.41) is 0. The maximum Gasteiger partial charge on any atom is 0.0694 e. The van der Waals surface area contributed by atoms with E-state index in [1.54, 1.807) is 6.20 Å². The Morgan fingerprint density at radius 3 is 2.91 bits per heavy atom. The lowest BCUT2D eigenvalue weighted by Crippen LogP contribution is -2.16. The molecule has 0 aliphatic carbocycles. The highest BCUT2D eigenvalue weighted by atomic mass is 79.9. The molecule has 3 heteroatoms. The number of pyridine rings is 1. The van der Waals surface area contributed by atoms with Crippen LogP contribution in [-0.4, -0.2) is 18.6 Å². The van der Waals surface area contributed by atoms with Gasteiger partial charge < -0.3 is 4.90 Å². The van der Waals surface area contributed by atoms with E-state index in [1.807, 2.05) is 19.3 Å². The Bertz CT molecular complexity index is 237. The summed E-state index contributed by atoms with van der Waals surface area (Å²) < 4.78 is 1.09. The highest BCUT2D eigenvalue weighted by molar-refractivity contribution is 9.10. The average molecular weight is 215 g/mol.